The van der Waals surface area contributed by atoms with Crippen LogP contribution >= 0.6 is 0 Å². The molecule has 1 aliphatic heterocycles. The molecule has 0 bridgehead atoms. The van der Waals surface area contributed by atoms with E-state index in [1.807, 2.05) is 12.1 Å². The molecule has 0 N–H and O–H groups in total. The highest BCUT2D eigenvalue weighted by Crippen LogP contribution is 2.31. The fourth-order valence-corrected chi connectivity index (χ4v) is 3.35. The second kappa shape index (κ2) is 8.41. The average Bonchev–Trinajstić information content (AvgIpc) is 2.67. The molecular formula is C21H27FN2O2. The zero-order valence-electron chi connectivity index (χ0n) is 15.7. The molecule has 5 heteroatoms. The minimum absolute atomic E-state index is 0.0863. The maximum absolute atomic E-state index is 13.1. The van der Waals surface area contributed by atoms with Crippen molar-refractivity contribution < 1.29 is 13.9 Å². The van der Waals surface area contributed by atoms with Crippen LogP contribution < -0.4 is 14.4 Å². The Morgan fingerprint density at radius 3 is 2.19 bits per heavy atom. The normalized spacial score (nSPS) is 19.3. The van der Waals surface area contributed by atoms with E-state index in [-0.39, 0.29) is 18.0 Å². The first kappa shape index (κ1) is 18.5. The lowest BCUT2D eigenvalue weighted by Gasteiger charge is -2.50. The van der Waals surface area contributed by atoms with E-state index >= 15 is 0 Å². The van der Waals surface area contributed by atoms with Gasteiger partial charge in [0.25, 0.3) is 0 Å². The first-order chi connectivity index (χ1) is 12.6. The molecule has 0 saturated carbocycles. The summed E-state index contributed by atoms with van der Waals surface area (Å²) in [6, 6.07) is 14.7. The zero-order valence-corrected chi connectivity index (χ0v) is 15.7. The topological polar surface area (TPSA) is 24.9 Å². The van der Waals surface area contributed by atoms with Gasteiger partial charge in [-0.1, -0.05) is 13.8 Å². The first-order valence-electron chi connectivity index (χ1n) is 9.19. The minimum atomic E-state index is -0.245. The highest BCUT2D eigenvalue weighted by molar-refractivity contribution is 5.53. The molecule has 4 nitrogen and oxygen atoms in total. The number of rotatable bonds is 8. The van der Waals surface area contributed by atoms with Crippen molar-refractivity contribution in [1.82, 2.24) is 4.90 Å². The van der Waals surface area contributed by atoms with E-state index in [4.69, 9.17) is 9.47 Å². The second-order valence-corrected chi connectivity index (χ2v) is 6.51. The lowest BCUT2D eigenvalue weighted by molar-refractivity contribution is 0.0906. The Kier molecular flexibility index (Phi) is 5.99. The van der Waals surface area contributed by atoms with Crippen molar-refractivity contribution in [2.75, 3.05) is 38.2 Å². The van der Waals surface area contributed by atoms with Crippen LogP contribution in [0.1, 0.15) is 13.8 Å². The third-order valence-corrected chi connectivity index (χ3v) is 5.05. The zero-order chi connectivity index (χ0) is 18.5. The smallest absolute Gasteiger partial charge is 0.138 e. The summed E-state index contributed by atoms with van der Waals surface area (Å²) in [4.78, 5) is 4.77. The Bertz CT molecular complexity index is 686. The number of hydrogen-bond acceptors (Lipinski definition) is 4. The number of halogens is 1. The fourth-order valence-electron chi connectivity index (χ4n) is 3.35. The van der Waals surface area contributed by atoms with Crippen molar-refractivity contribution in [3.8, 4) is 11.5 Å². The summed E-state index contributed by atoms with van der Waals surface area (Å²) in [6.07, 6.45) is 0.0863. The molecule has 3 rings (SSSR count). The van der Waals surface area contributed by atoms with Crippen molar-refractivity contribution in [2.24, 2.45) is 0 Å². The summed E-state index contributed by atoms with van der Waals surface area (Å²) in [5.41, 5.74) is 1.17. The van der Waals surface area contributed by atoms with E-state index in [0.29, 0.717) is 0 Å². The van der Waals surface area contributed by atoms with Gasteiger partial charge in [0.1, 0.15) is 23.4 Å². The molecule has 0 aromatic heterocycles. The first-order valence-corrected chi connectivity index (χ1v) is 9.19. The van der Waals surface area contributed by atoms with Gasteiger partial charge >= 0.3 is 0 Å². The molecule has 0 radical (unpaired) electrons. The summed E-state index contributed by atoms with van der Waals surface area (Å²) in [6.45, 7) is 8.12. The Balaban J connectivity index is 1.73. The second-order valence-electron chi connectivity index (χ2n) is 6.51. The van der Waals surface area contributed by atoms with Crippen LogP contribution in [0.25, 0.3) is 0 Å². The van der Waals surface area contributed by atoms with E-state index < -0.39 is 0 Å². The van der Waals surface area contributed by atoms with Gasteiger partial charge in [-0.15, -0.1) is 0 Å². The van der Waals surface area contributed by atoms with Gasteiger partial charge in [0.2, 0.25) is 0 Å². The predicted octanol–water partition coefficient (Wildman–Crippen LogP) is 3.81. The van der Waals surface area contributed by atoms with Gasteiger partial charge in [-0.3, -0.25) is 0 Å². The number of anilines is 1. The summed E-state index contributed by atoms with van der Waals surface area (Å²) in [5, 5.41) is 0. The van der Waals surface area contributed by atoms with Crippen molar-refractivity contribution in [3.63, 3.8) is 0 Å². The van der Waals surface area contributed by atoms with E-state index in [9.17, 15) is 4.39 Å². The lowest BCUT2D eigenvalue weighted by Crippen LogP contribution is -2.66. The monoisotopic (exact) mass is 358 g/mol. The molecule has 140 valence electrons. The quantitative estimate of drug-likeness (QED) is 0.716. The maximum Gasteiger partial charge on any atom is 0.138 e. The molecule has 2 atom stereocenters. The number of methoxy groups -OCH3 is 1. The standard InChI is InChI=1S/C21H27FN2O2/c1-4-23(5-2)14-20-21(26-19-10-6-16(22)7-11-19)15-24(20)17-8-12-18(25-3)13-9-17/h6-13,20-21H,4-5,14-15H2,1-3H3/t20-,21-/m1/s1. The van der Waals surface area contributed by atoms with Gasteiger partial charge in [0.05, 0.1) is 19.7 Å². The SMILES string of the molecule is CCN(CC)C[C@@H]1[C@H](Oc2ccc(F)cc2)CN1c1ccc(OC)cc1. The van der Waals surface area contributed by atoms with Crippen molar-refractivity contribution in [3.05, 3.63) is 54.3 Å². The van der Waals surface area contributed by atoms with Gasteiger partial charge in [0, 0.05) is 12.2 Å². The molecular weight excluding hydrogens is 331 g/mol. The Labute approximate surface area is 155 Å². The Morgan fingerprint density at radius 2 is 1.62 bits per heavy atom. The molecule has 2 aromatic carbocycles. The molecule has 26 heavy (non-hydrogen) atoms. The number of benzene rings is 2. The molecule has 1 aliphatic rings. The van der Waals surface area contributed by atoms with E-state index in [1.54, 1.807) is 19.2 Å². The largest absolute Gasteiger partial charge is 0.497 e. The Hall–Kier alpha value is -2.27. The minimum Gasteiger partial charge on any atom is -0.497 e. The number of likely N-dealkylation sites (N-methyl/N-ethyl adjacent to an activating group) is 1. The van der Waals surface area contributed by atoms with E-state index in [1.165, 1.54) is 17.8 Å². The van der Waals surface area contributed by atoms with Crippen LogP contribution in [0.2, 0.25) is 0 Å². The number of ether oxygens (including phenoxy) is 2. The van der Waals surface area contributed by atoms with Crippen molar-refractivity contribution >= 4 is 5.69 Å². The molecule has 0 amide bonds. The fraction of sp³-hybridized carbons (Fsp3) is 0.429. The van der Waals surface area contributed by atoms with Crippen LogP contribution in [0.5, 0.6) is 11.5 Å². The van der Waals surface area contributed by atoms with Gasteiger partial charge in [-0.2, -0.15) is 0 Å². The summed E-state index contributed by atoms with van der Waals surface area (Å²) < 4.78 is 24.5. The summed E-state index contributed by atoms with van der Waals surface area (Å²) in [7, 11) is 1.67. The molecule has 0 aliphatic carbocycles. The highest BCUT2D eigenvalue weighted by Gasteiger charge is 2.41. The molecule has 0 unspecified atom stereocenters. The van der Waals surface area contributed by atoms with Crippen LogP contribution in [0.3, 0.4) is 0 Å². The maximum atomic E-state index is 13.1. The van der Waals surface area contributed by atoms with Crippen LogP contribution in [0, 0.1) is 5.82 Å². The summed E-state index contributed by atoms with van der Waals surface area (Å²) in [5.74, 6) is 1.33. The predicted molar refractivity (Wildman–Crippen MR) is 103 cm³/mol. The van der Waals surface area contributed by atoms with Crippen molar-refractivity contribution in [2.45, 2.75) is 26.0 Å². The third-order valence-electron chi connectivity index (χ3n) is 5.05. The lowest BCUT2D eigenvalue weighted by atomic mass is 9.96. The number of nitrogens with zero attached hydrogens (tertiary/aromatic N) is 2. The molecule has 1 heterocycles. The van der Waals surface area contributed by atoms with Crippen molar-refractivity contribution in [1.29, 1.82) is 0 Å². The van der Waals surface area contributed by atoms with Gasteiger partial charge in [-0.05, 0) is 61.6 Å². The van der Waals surface area contributed by atoms with Gasteiger partial charge in [-0.25, -0.2) is 4.39 Å². The van der Waals surface area contributed by atoms with Gasteiger partial charge in [0.15, 0.2) is 0 Å². The number of hydrogen-bond donors (Lipinski definition) is 0. The van der Waals surface area contributed by atoms with E-state index in [2.05, 4.69) is 35.8 Å². The Morgan fingerprint density at radius 1 is 1.00 bits per heavy atom. The van der Waals surface area contributed by atoms with E-state index in [0.717, 1.165) is 37.7 Å². The molecule has 0 spiro atoms. The third kappa shape index (κ3) is 4.10. The van der Waals surface area contributed by atoms with Crippen LogP contribution in [-0.4, -0.2) is 50.3 Å². The highest BCUT2D eigenvalue weighted by atomic mass is 19.1. The summed E-state index contributed by atoms with van der Waals surface area (Å²) >= 11 is 0. The average molecular weight is 358 g/mol. The van der Waals surface area contributed by atoms with Crippen LogP contribution in [0.4, 0.5) is 10.1 Å². The van der Waals surface area contributed by atoms with Crippen LogP contribution in [0.15, 0.2) is 48.5 Å². The molecule has 2 aromatic rings. The van der Waals surface area contributed by atoms with Gasteiger partial charge < -0.3 is 19.3 Å². The van der Waals surface area contributed by atoms with Crippen LogP contribution in [-0.2, 0) is 0 Å². The molecule has 1 fully saturated rings. The molecule has 1 saturated heterocycles.